The number of carbonyl (C=O) groups excluding carboxylic acids is 2. The first-order chi connectivity index (χ1) is 13.6. The number of nitrogens with one attached hydrogen (secondary N) is 2. The number of benzene rings is 2. The number of hydrogen-bond acceptors (Lipinski definition) is 5. The van der Waals surface area contributed by atoms with Gasteiger partial charge in [-0.3, -0.25) is 15.1 Å². The van der Waals surface area contributed by atoms with Crippen molar-refractivity contribution in [1.82, 2.24) is 4.98 Å². The molecule has 7 nitrogen and oxygen atoms in total. The van der Waals surface area contributed by atoms with Gasteiger partial charge < -0.3 is 14.8 Å². The molecule has 2 amide bonds. The number of aromatic nitrogens is 1. The van der Waals surface area contributed by atoms with Crippen molar-refractivity contribution in [2.75, 3.05) is 31.0 Å². The van der Waals surface area contributed by atoms with Crippen LogP contribution in [0.5, 0.6) is 0 Å². The Balaban J connectivity index is 1.74. The second-order valence-corrected chi connectivity index (χ2v) is 6.12. The summed E-state index contributed by atoms with van der Waals surface area (Å²) in [5, 5.41) is 6.26. The first-order valence-electron chi connectivity index (χ1n) is 8.77. The predicted molar refractivity (Wildman–Crippen MR) is 108 cm³/mol. The normalized spacial score (nSPS) is 10.5. The summed E-state index contributed by atoms with van der Waals surface area (Å²) >= 11 is 0. The second-order valence-electron chi connectivity index (χ2n) is 6.12. The lowest BCUT2D eigenvalue weighted by Crippen LogP contribution is -2.17. The average Bonchev–Trinajstić information content (AvgIpc) is 2.67. The zero-order valence-electron chi connectivity index (χ0n) is 15.7. The van der Waals surface area contributed by atoms with Gasteiger partial charge in [-0.05, 0) is 37.3 Å². The Hall–Kier alpha value is -3.45. The van der Waals surface area contributed by atoms with E-state index < -0.39 is 6.09 Å². The Morgan fingerprint density at radius 2 is 1.71 bits per heavy atom. The van der Waals surface area contributed by atoms with Gasteiger partial charge >= 0.3 is 6.09 Å². The van der Waals surface area contributed by atoms with Crippen LogP contribution in [0.2, 0.25) is 0 Å². The van der Waals surface area contributed by atoms with E-state index >= 15 is 0 Å². The molecule has 0 atom stereocenters. The van der Waals surface area contributed by atoms with E-state index in [1.807, 2.05) is 31.2 Å². The van der Waals surface area contributed by atoms with Gasteiger partial charge in [0.2, 0.25) is 0 Å². The average molecular weight is 379 g/mol. The summed E-state index contributed by atoms with van der Waals surface area (Å²) in [4.78, 5) is 29.0. The Kier molecular flexibility index (Phi) is 6.18. The van der Waals surface area contributed by atoms with Crippen LogP contribution in [0.15, 0.2) is 54.6 Å². The highest BCUT2D eigenvalue weighted by molar-refractivity contribution is 6.12. The van der Waals surface area contributed by atoms with E-state index in [0.717, 1.165) is 16.6 Å². The van der Waals surface area contributed by atoms with Gasteiger partial charge in [-0.2, -0.15) is 0 Å². The van der Waals surface area contributed by atoms with Crippen molar-refractivity contribution >= 4 is 34.3 Å². The minimum Gasteiger partial charge on any atom is -0.447 e. The predicted octanol–water partition coefficient (Wildman–Crippen LogP) is 3.99. The SMILES string of the molecule is COCCOC(=O)Nc1cccc(NC(=O)c2cc(C)nc3ccccc23)c1. The molecule has 7 heteroatoms. The van der Waals surface area contributed by atoms with Crippen molar-refractivity contribution in [3.05, 3.63) is 65.9 Å². The summed E-state index contributed by atoms with van der Waals surface area (Å²) in [6.07, 6.45) is -0.587. The molecule has 0 aliphatic rings. The van der Waals surface area contributed by atoms with E-state index in [1.165, 1.54) is 7.11 Å². The topological polar surface area (TPSA) is 89.5 Å². The molecular weight excluding hydrogens is 358 g/mol. The number of methoxy groups -OCH3 is 1. The quantitative estimate of drug-likeness (QED) is 0.632. The van der Waals surface area contributed by atoms with Gasteiger partial charge in [-0.1, -0.05) is 24.3 Å². The molecule has 144 valence electrons. The lowest BCUT2D eigenvalue weighted by atomic mass is 10.1. The van der Waals surface area contributed by atoms with E-state index in [2.05, 4.69) is 15.6 Å². The van der Waals surface area contributed by atoms with Crippen molar-refractivity contribution in [3.8, 4) is 0 Å². The fraction of sp³-hybridized carbons (Fsp3) is 0.190. The molecule has 2 N–H and O–H groups in total. The van der Waals surface area contributed by atoms with Crippen LogP contribution in [0.3, 0.4) is 0 Å². The van der Waals surface area contributed by atoms with E-state index in [1.54, 1.807) is 30.3 Å². The Bertz CT molecular complexity index is 1000. The van der Waals surface area contributed by atoms with Gasteiger partial charge in [0.1, 0.15) is 6.61 Å². The molecule has 1 heterocycles. The van der Waals surface area contributed by atoms with E-state index in [0.29, 0.717) is 23.5 Å². The first kappa shape index (κ1) is 19.3. The maximum Gasteiger partial charge on any atom is 0.411 e. The molecule has 28 heavy (non-hydrogen) atoms. The maximum atomic E-state index is 12.8. The highest BCUT2D eigenvalue weighted by atomic mass is 16.6. The third-order valence-corrected chi connectivity index (χ3v) is 3.98. The van der Waals surface area contributed by atoms with Crippen LogP contribution < -0.4 is 10.6 Å². The number of carbonyl (C=O) groups is 2. The van der Waals surface area contributed by atoms with Crippen LogP contribution in [0.4, 0.5) is 16.2 Å². The van der Waals surface area contributed by atoms with Crippen LogP contribution in [-0.4, -0.2) is 37.3 Å². The van der Waals surface area contributed by atoms with Gasteiger partial charge in [0.25, 0.3) is 5.91 Å². The van der Waals surface area contributed by atoms with Crippen molar-refractivity contribution < 1.29 is 19.1 Å². The molecular formula is C21H21N3O4. The van der Waals surface area contributed by atoms with Gasteiger partial charge in [0.15, 0.2) is 0 Å². The van der Waals surface area contributed by atoms with Gasteiger partial charge in [-0.15, -0.1) is 0 Å². The van der Waals surface area contributed by atoms with Crippen LogP contribution in [0.25, 0.3) is 10.9 Å². The smallest absolute Gasteiger partial charge is 0.411 e. The standard InChI is InChI=1S/C21H21N3O4/c1-14-12-18(17-8-3-4-9-19(17)22-14)20(25)23-15-6-5-7-16(13-15)24-21(26)28-11-10-27-2/h3-9,12-13H,10-11H2,1-2H3,(H,23,25)(H,24,26). The molecule has 0 aliphatic heterocycles. The Morgan fingerprint density at radius 1 is 0.964 bits per heavy atom. The van der Waals surface area contributed by atoms with E-state index in [4.69, 9.17) is 9.47 Å². The molecule has 0 unspecified atom stereocenters. The number of amides is 2. The number of hydrogen-bond donors (Lipinski definition) is 2. The molecule has 0 saturated carbocycles. The van der Waals surface area contributed by atoms with Crippen molar-refractivity contribution in [2.45, 2.75) is 6.92 Å². The molecule has 1 aromatic heterocycles. The summed E-state index contributed by atoms with van der Waals surface area (Å²) in [6.45, 7) is 2.33. The maximum absolute atomic E-state index is 12.8. The summed E-state index contributed by atoms with van der Waals surface area (Å²) in [6, 6.07) is 16.1. The molecule has 0 saturated heterocycles. The third kappa shape index (κ3) is 4.83. The molecule has 0 radical (unpaired) electrons. The van der Waals surface area contributed by atoms with Crippen LogP contribution in [0, 0.1) is 6.92 Å². The highest BCUT2D eigenvalue weighted by Crippen LogP contribution is 2.21. The van der Waals surface area contributed by atoms with Crippen LogP contribution in [0.1, 0.15) is 16.1 Å². The molecule has 3 aromatic rings. The van der Waals surface area contributed by atoms with Crippen LogP contribution >= 0.6 is 0 Å². The molecule has 0 spiro atoms. The lowest BCUT2D eigenvalue weighted by Gasteiger charge is -2.11. The van der Waals surface area contributed by atoms with E-state index in [-0.39, 0.29) is 12.5 Å². The van der Waals surface area contributed by atoms with Crippen molar-refractivity contribution in [3.63, 3.8) is 0 Å². The third-order valence-electron chi connectivity index (χ3n) is 3.98. The van der Waals surface area contributed by atoms with Crippen molar-refractivity contribution in [1.29, 1.82) is 0 Å². The minimum absolute atomic E-state index is 0.160. The van der Waals surface area contributed by atoms with Gasteiger partial charge in [0.05, 0.1) is 17.7 Å². The van der Waals surface area contributed by atoms with Gasteiger partial charge in [-0.25, -0.2) is 4.79 Å². The summed E-state index contributed by atoms with van der Waals surface area (Å²) in [5.41, 5.74) is 3.13. The molecule has 0 aliphatic carbocycles. The van der Waals surface area contributed by atoms with Crippen molar-refractivity contribution in [2.24, 2.45) is 0 Å². The summed E-state index contributed by atoms with van der Waals surface area (Å²) < 4.78 is 9.80. The minimum atomic E-state index is -0.587. The number of fused-ring (bicyclic) bond motifs is 1. The van der Waals surface area contributed by atoms with Gasteiger partial charge in [0, 0.05) is 29.6 Å². The second kappa shape index (κ2) is 8.96. The molecule has 0 bridgehead atoms. The fourth-order valence-electron chi connectivity index (χ4n) is 2.74. The molecule has 0 fully saturated rings. The fourth-order valence-corrected chi connectivity index (χ4v) is 2.74. The largest absolute Gasteiger partial charge is 0.447 e. The summed E-state index contributed by atoms with van der Waals surface area (Å²) in [7, 11) is 1.53. The Labute approximate surface area is 162 Å². The summed E-state index contributed by atoms with van der Waals surface area (Å²) in [5.74, 6) is -0.249. The number of ether oxygens (including phenoxy) is 2. The number of aryl methyl sites for hydroxylation is 1. The monoisotopic (exact) mass is 379 g/mol. The zero-order chi connectivity index (χ0) is 19.9. The number of para-hydroxylation sites is 1. The van der Waals surface area contributed by atoms with E-state index in [9.17, 15) is 9.59 Å². The highest BCUT2D eigenvalue weighted by Gasteiger charge is 2.12. The molecule has 2 aromatic carbocycles. The molecule has 3 rings (SSSR count). The number of pyridine rings is 1. The number of anilines is 2. The number of nitrogens with zero attached hydrogens (tertiary/aromatic N) is 1. The number of rotatable bonds is 6. The first-order valence-corrected chi connectivity index (χ1v) is 8.77. The Morgan fingerprint density at radius 3 is 2.50 bits per heavy atom. The van der Waals surface area contributed by atoms with Crippen LogP contribution in [-0.2, 0) is 9.47 Å². The lowest BCUT2D eigenvalue weighted by molar-refractivity contribution is 0.102. The zero-order valence-corrected chi connectivity index (χ0v) is 15.7.